The van der Waals surface area contributed by atoms with Crippen LogP contribution in [-0.2, 0) is 14.3 Å². The molecule has 2 rings (SSSR count). The van der Waals surface area contributed by atoms with E-state index in [9.17, 15) is 19.7 Å². The summed E-state index contributed by atoms with van der Waals surface area (Å²) in [7, 11) is 0. The predicted octanol–water partition coefficient (Wildman–Crippen LogP) is 4.16. The van der Waals surface area contributed by atoms with E-state index in [2.05, 4.69) is 5.32 Å². The summed E-state index contributed by atoms with van der Waals surface area (Å²) in [6.45, 7) is 2.44. The quantitative estimate of drug-likeness (QED) is 0.404. The normalized spacial score (nSPS) is 11.4. The number of carbonyl (C=O) groups excluding carboxylic acids is 2. The van der Waals surface area contributed by atoms with Gasteiger partial charge in [-0.05, 0) is 38.1 Å². The maximum Gasteiger partial charge on any atom is 0.347 e. The largest absolute Gasteiger partial charge is 0.477 e. The van der Waals surface area contributed by atoms with Crippen molar-refractivity contribution in [3.05, 3.63) is 62.1 Å². The Kier molecular flexibility index (Phi) is 7.19. The Balaban J connectivity index is 1.89. The van der Waals surface area contributed by atoms with Gasteiger partial charge in [0.2, 0.25) is 0 Å². The third-order valence-corrected chi connectivity index (χ3v) is 4.10. The number of hydrogen-bond donors (Lipinski definition) is 1. The van der Waals surface area contributed by atoms with E-state index in [1.165, 1.54) is 37.3 Å². The van der Waals surface area contributed by atoms with Gasteiger partial charge < -0.3 is 14.8 Å². The summed E-state index contributed by atoms with van der Waals surface area (Å²) in [6.07, 6.45) is -1.02. The summed E-state index contributed by atoms with van der Waals surface area (Å²) in [5, 5.41) is 14.0. The van der Waals surface area contributed by atoms with Crippen LogP contribution in [0.15, 0.2) is 36.4 Å². The zero-order valence-electron chi connectivity index (χ0n) is 14.9. The lowest BCUT2D eigenvalue weighted by atomic mass is 10.2. The van der Waals surface area contributed by atoms with Crippen molar-refractivity contribution in [2.24, 2.45) is 0 Å². The van der Waals surface area contributed by atoms with Crippen LogP contribution >= 0.6 is 23.2 Å². The number of rotatable bonds is 7. The molecule has 2 aromatic rings. The summed E-state index contributed by atoms with van der Waals surface area (Å²) in [5.74, 6) is -1.19. The second-order valence-electron chi connectivity index (χ2n) is 5.75. The van der Waals surface area contributed by atoms with Gasteiger partial charge in [0.05, 0.1) is 9.95 Å². The molecule has 0 heterocycles. The van der Waals surface area contributed by atoms with Gasteiger partial charge >= 0.3 is 5.97 Å². The lowest BCUT2D eigenvalue weighted by Gasteiger charge is -2.15. The molecule has 0 spiro atoms. The highest BCUT2D eigenvalue weighted by atomic mass is 35.5. The lowest BCUT2D eigenvalue weighted by molar-refractivity contribution is -0.385. The van der Waals surface area contributed by atoms with E-state index in [1.807, 2.05) is 0 Å². The van der Waals surface area contributed by atoms with Crippen LogP contribution in [0.4, 0.5) is 11.4 Å². The Labute approximate surface area is 170 Å². The number of benzene rings is 2. The Morgan fingerprint density at radius 3 is 2.57 bits per heavy atom. The molecule has 0 saturated carbocycles. The molecule has 1 atom stereocenters. The molecule has 1 amide bonds. The van der Waals surface area contributed by atoms with Crippen LogP contribution in [0.2, 0.25) is 10.0 Å². The van der Waals surface area contributed by atoms with Gasteiger partial charge in [-0.2, -0.15) is 0 Å². The first kappa shape index (κ1) is 21.5. The molecule has 10 heteroatoms. The Bertz CT molecular complexity index is 919. The lowest BCUT2D eigenvalue weighted by Crippen LogP contribution is -2.29. The Morgan fingerprint density at radius 1 is 1.21 bits per heavy atom. The van der Waals surface area contributed by atoms with Crippen LogP contribution in [0.25, 0.3) is 0 Å². The van der Waals surface area contributed by atoms with E-state index in [4.69, 9.17) is 32.7 Å². The van der Waals surface area contributed by atoms with Gasteiger partial charge in [0.25, 0.3) is 11.6 Å². The third-order valence-electron chi connectivity index (χ3n) is 3.56. The summed E-state index contributed by atoms with van der Waals surface area (Å²) in [4.78, 5) is 34.3. The second-order valence-corrected chi connectivity index (χ2v) is 6.59. The molecular formula is C18H16Cl2N2O6. The average molecular weight is 427 g/mol. The Hall–Kier alpha value is -2.84. The first-order chi connectivity index (χ1) is 13.2. The maximum absolute atomic E-state index is 12.0. The van der Waals surface area contributed by atoms with Gasteiger partial charge in [0.15, 0.2) is 12.7 Å². The zero-order chi connectivity index (χ0) is 20.8. The van der Waals surface area contributed by atoms with Gasteiger partial charge in [-0.3, -0.25) is 14.9 Å². The average Bonchev–Trinajstić information content (AvgIpc) is 2.63. The van der Waals surface area contributed by atoms with Crippen molar-refractivity contribution in [3.8, 4) is 5.75 Å². The number of ether oxygens (including phenoxy) is 2. The minimum atomic E-state index is -1.02. The number of hydrogen-bond acceptors (Lipinski definition) is 6. The molecule has 0 saturated heterocycles. The monoisotopic (exact) mass is 426 g/mol. The highest BCUT2D eigenvalue weighted by Gasteiger charge is 2.19. The van der Waals surface area contributed by atoms with Gasteiger partial charge in [-0.1, -0.05) is 29.3 Å². The molecule has 0 unspecified atom stereocenters. The molecule has 0 aromatic heterocycles. The van der Waals surface area contributed by atoms with Crippen molar-refractivity contribution in [3.63, 3.8) is 0 Å². The minimum Gasteiger partial charge on any atom is -0.477 e. The SMILES string of the molecule is Cc1ccc(NC(=O)COC(=O)[C@H](C)Oc2ccc(Cl)cc2Cl)cc1[N+](=O)[O-]. The second kappa shape index (κ2) is 9.38. The number of esters is 1. The minimum absolute atomic E-state index is 0.128. The maximum atomic E-state index is 12.0. The van der Waals surface area contributed by atoms with Crippen molar-refractivity contribution < 1.29 is 24.0 Å². The molecule has 2 aromatic carbocycles. The highest BCUT2D eigenvalue weighted by Crippen LogP contribution is 2.28. The summed E-state index contributed by atoms with van der Waals surface area (Å²) in [6, 6.07) is 8.76. The van der Waals surface area contributed by atoms with Crippen LogP contribution in [0.1, 0.15) is 12.5 Å². The number of carbonyl (C=O) groups is 2. The number of anilines is 1. The number of amides is 1. The molecule has 0 radical (unpaired) electrons. The van der Waals surface area contributed by atoms with Crippen molar-refractivity contribution in [2.75, 3.05) is 11.9 Å². The van der Waals surface area contributed by atoms with E-state index in [0.717, 1.165) is 0 Å². The molecule has 28 heavy (non-hydrogen) atoms. The van der Waals surface area contributed by atoms with Gasteiger partial charge in [-0.15, -0.1) is 0 Å². The number of nitro benzene ring substituents is 1. The standard InChI is InChI=1S/C18H16Cl2N2O6/c1-10-3-5-13(8-15(10)22(25)26)21-17(23)9-27-18(24)11(2)28-16-6-4-12(19)7-14(16)20/h3-8,11H,9H2,1-2H3,(H,21,23)/t11-/m0/s1. The van der Waals surface area contributed by atoms with Gasteiger partial charge in [0.1, 0.15) is 5.75 Å². The first-order valence-corrected chi connectivity index (χ1v) is 8.76. The zero-order valence-corrected chi connectivity index (χ0v) is 16.4. The molecule has 0 bridgehead atoms. The third kappa shape index (κ3) is 5.83. The van der Waals surface area contributed by atoms with Gasteiger partial charge in [0, 0.05) is 22.3 Å². The number of aryl methyl sites for hydroxylation is 1. The first-order valence-electron chi connectivity index (χ1n) is 8.00. The van der Waals surface area contributed by atoms with Crippen molar-refractivity contribution >= 4 is 46.5 Å². The number of nitrogens with one attached hydrogen (secondary N) is 1. The van der Waals surface area contributed by atoms with E-state index in [-0.39, 0.29) is 22.1 Å². The van der Waals surface area contributed by atoms with Crippen molar-refractivity contribution in [2.45, 2.75) is 20.0 Å². The van der Waals surface area contributed by atoms with Crippen molar-refractivity contribution in [1.29, 1.82) is 0 Å². The van der Waals surface area contributed by atoms with Crippen LogP contribution in [0.5, 0.6) is 5.75 Å². The van der Waals surface area contributed by atoms with E-state index < -0.39 is 29.5 Å². The van der Waals surface area contributed by atoms with E-state index >= 15 is 0 Å². The fourth-order valence-electron chi connectivity index (χ4n) is 2.14. The van der Waals surface area contributed by atoms with Crippen LogP contribution in [-0.4, -0.2) is 29.5 Å². The predicted molar refractivity (Wildman–Crippen MR) is 104 cm³/mol. The highest BCUT2D eigenvalue weighted by molar-refractivity contribution is 6.35. The van der Waals surface area contributed by atoms with Crippen LogP contribution < -0.4 is 10.1 Å². The summed E-state index contributed by atoms with van der Waals surface area (Å²) < 4.78 is 10.3. The molecular weight excluding hydrogens is 411 g/mol. The van der Waals surface area contributed by atoms with Crippen molar-refractivity contribution in [1.82, 2.24) is 0 Å². The molecule has 1 N–H and O–H groups in total. The van der Waals surface area contributed by atoms with E-state index in [0.29, 0.717) is 10.6 Å². The molecule has 0 aliphatic heterocycles. The number of nitrogens with zero attached hydrogens (tertiary/aromatic N) is 1. The molecule has 0 aliphatic carbocycles. The van der Waals surface area contributed by atoms with E-state index in [1.54, 1.807) is 13.0 Å². The van der Waals surface area contributed by atoms with Gasteiger partial charge in [-0.25, -0.2) is 4.79 Å². The topological polar surface area (TPSA) is 108 Å². The molecule has 148 valence electrons. The summed E-state index contributed by atoms with van der Waals surface area (Å²) >= 11 is 11.8. The smallest absolute Gasteiger partial charge is 0.347 e. The fraction of sp³-hybridized carbons (Fsp3) is 0.222. The fourth-order valence-corrected chi connectivity index (χ4v) is 2.60. The number of halogens is 2. The van der Waals surface area contributed by atoms with Crippen LogP contribution in [0, 0.1) is 17.0 Å². The number of nitro groups is 1. The Morgan fingerprint density at radius 2 is 1.93 bits per heavy atom. The molecule has 0 fully saturated rings. The molecule has 0 aliphatic rings. The summed E-state index contributed by atoms with van der Waals surface area (Å²) in [5.41, 5.74) is 0.550. The van der Waals surface area contributed by atoms with Crippen LogP contribution in [0.3, 0.4) is 0 Å². The molecule has 8 nitrogen and oxygen atoms in total.